The molecule has 5 fully saturated rings. The van der Waals surface area contributed by atoms with Crippen molar-refractivity contribution in [3.8, 4) is 0 Å². The summed E-state index contributed by atoms with van der Waals surface area (Å²) in [5.41, 5.74) is 0.818. The molecule has 4 bridgehead atoms. The van der Waals surface area contributed by atoms with E-state index in [-0.39, 0.29) is 0 Å². The van der Waals surface area contributed by atoms with Gasteiger partial charge in [0.1, 0.15) is 0 Å². The molecule has 4 saturated carbocycles. The summed E-state index contributed by atoms with van der Waals surface area (Å²) >= 11 is 0. The molecule has 0 amide bonds. The SMILES string of the molecule is C1CNCC(CC23CC4CC(CC(C4)C2)C3)C1. The molecule has 1 heterocycles. The van der Waals surface area contributed by atoms with Crippen LogP contribution < -0.4 is 5.32 Å². The summed E-state index contributed by atoms with van der Waals surface area (Å²) in [7, 11) is 0. The third-order valence-corrected chi connectivity index (χ3v) is 6.29. The van der Waals surface area contributed by atoms with Crippen LogP contribution in [-0.2, 0) is 0 Å². The first-order valence-electron chi connectivity index (χ1n) is 8.02. The fourth-order valence-electron chi connectivity index (χ4n) is 6.25. The van der Waals surface area contributed by atoms with Crippen LogP contribution in [0.15, 0.2) is 0 Å². The highest BCUT2D eigenvalue weighted by Crippen LogP contribution is 2.62. The Balaban J connectivity index is 1.48. The number of hydrogen-bond acceptors (Lipinski definition) is 1. The Morgan fingerprint density at radius 3 is 2.12 bits per heavy atom. The molecule has 5 aliphatic rings. The second-order valence-electron chi connectivity index (χ2n) is 7.83. The second-order valence-corrected chi connectivity index (χ2v) is 7.83. The molecule has 0 radical (unpaired) electrons. The average molecular weight is 233 g/mol. The molecule has 1 nitrogen and oxygen atoms in total. The molecule has 0 spiro atoms. The van der Waals surface area contributed by atoms with Crippen molar-refractivity contribution < 1.29 is 0 Å². The lowest BCUT2D eigenvalue weighted by molar-refractivity contribution is -0.0665. The summed E-state index contributed by atoms with van der Waals surface area (Å²) in [5, 5.41) is 3.62. The van der Waals surface area contributed by atoms with Crippen molar-refractivity contribution in [1.29, 1.82) is 0 Å². The lowest BCUT2D eigenvalue weighted by Crippen LogP contribution is -2.47. The van der Waals surface area contributed by atoms with Crippen LogP contribution in [0.4, 0.5) is 0 Å². The molecule has 17 heavy (non-hydrogen) atoms. The Hall–Kier alpha value is -0.0400. The topological polar surface area (TPSA) is 12.0 Å². The van der Waals surface area contributed by atoms with Crippen LogP contribution in [0.1, 0.15) is 57.8 Å². The van der Waals surface area contributed by atoms with Crippen molar-refractivity contribution >= 4 is 0 Å². The van der Waals surface area contributed by atoms with Gasteiger partial charge in [-0.05, 0) is 100.0 Å². The van der Waals surface area contributed by atoms with Gasteiger partial charge in [0.25, 0.3) is 0 Å². The molecular weight excluding hydrogens is 206 g/mol. The predicted octanol–water partition coefficient (Wildman–Crippen LogP) is 3.59. The molecule has 1 atom stereocenters. The first-order chi connectivity index (χ1) is 8.31. The quantitative estimate of drug-likeness (QED) is 0.768. The summed E-state index contributed by atoms with van der Waals surface area (Å²) in [6.45, 7) is 2.60. The van der Waals surface area contributed by atoms with Crippen molar-refractivity contribution in [3.63, 3.8) is 0 Å². The van der Waals surface area contributed by atoms with Gasteiger partial charge in [0.2, 0.25) is 0 Å². The van der Waals surface area contributed by atoms with E-state index >= 15 is 0 Å². The highest BCUT2D eigenvalue weighted by atomic mass is 14.9. The van der Waals surface area contributed by atoms with E-state index < -0.39 is 0 Å². The highest BCUT2D eigenvalue weighted by Gasteiger charge is 2.51. The summed E-state index contributed by atoms with van der Waals surface area (Å²) in [6, 6.07) is 0. The van der Waals surface area contributed by atoms with Crippen molar-refractivity contribution in [1.82, 2.24) is 5.32 Å². The zero-order chi connectivity index (χ0) is 11.3. The number of piperidine rings is 1. The summed E-state index contributed by atoms with van der Waals surface area (Å²) in [4.78, 5) is 0. The fraction of sp³-hybridized carbons (Fsp3) is 1.00. The van der Waals surface area contributed by atoms with Gasteiger partial charge in [-0.15, -0.1) is 0 Å². The fourth-order valence-corrected chi connectivity index (χ4v) is 6.25. The van der Waals surface area contributed by atoms with Gasteiger partial charge >= 0.3 is 0 Å². The Morgan fingerprint density at radius 2 is 1.59 bits per heavy atom. The minimum absolute atomic E-state index is 0.818. The molecule has 96 valence electrons. The molecule has 5 rings (SSSR count). The number of hydrogen-bond donors (Lipinski definition) is 1. The molecule has 1 aliphatic heterocycles. The zero-order valence-corrected chi connectivity index (χ0v) is 11.1. The Bertz CT molecular complexity index is 255. The molecule has 1 unspecified atom stereocenters. The van der Waals surface area contributed by atoms with E-state index in [4.69, 9.17) is 0 Å². The predicted molar refractivity (Wildman–Crippen MR) is 70.8 cm³/mol. The van der Waals surface area contributed by atoms with E-state index in [1.807, 2.05) is 0 Å². The Labute approximate surface area is 106 Å². The van der Waals surface area contributed by atoms with Gasteiger partial charge in [-0.25, -0.2) is 0 Å². The Morgan fingerprint density at radius 1 is 0.941 bits per heavy atom. The minimum atomic E-state index is 0.818. The van der Waals surface area contributed by atoms with Gasteiger partial charge in [-0.1, -0.05) is 0 Å². The van der Waals surface area contributed by atoms with Gasteiger partial charge in [-0.2, -0.15) is 0 Å². The van der Waals surface area contributed by atoms with Crippen LogP contribution in [0.2, 0.25) is 0 Å². The maximum atomic E-state index is 3.62. The summed E-state index contributed by atoms with van der Waals surface area (Å²) < 4.78 is 0. The van der Waals surface area contributed by atoms with E-state index in [0.717, 1.165) is 29.1 Å². The Kier molecular flexibility index (Phi) is 2.54. The molecular formula is C16H27N. The van der Waals surface area contributed by atoms with E-state index in [1.54, 1.807) is 44.9 Å². The molecule has 1 saturated heterocycles. The molecule has 1 N–H and O–H groups in total. The van der Waals surface area contributed by atoms with E-state index in [1.165, 1.54) is 25.9 Å². The van der Waals surface area contributed by atoms with E-state index in [0.29, 0.717) is 0 Å². The lowest BCUT2D eigenvalue weighted by atomic mass is 9.48. The van der Waals surface area contributed by atoms with Crippen LogP contribution in [0.5, 0.6) is 0 Å². The maximum Gasteiger partial charge on any atom is -0.00203 e. The van der Waals surface area contributed by atoms with Gasteiger partial charge in [-0.3, -0.25) is 0 Å². The van der Waals surface area contributed by atoms with Gasteiger partial charge in [0.05, 0.1) is 0 Å². The lowest BCUT2D eigenvalue weighted by Gasteiger charge is -2.58. The number of nitrogens with one attached hydrogen (secondary N) is 1. The smallest absolute Gasteiger partial charge is 0.00203 e. The molecule has 0 aromatic rings. The monoisotopic (exact) mass is 233 g/mol. The van der Waals surface area contributed by atoms with Crippen LogP contribution in [0, 0.1) is 29.1 Å². The van der Waals surface area contributed by atoms with Gasteiger partial charge in [0, 0.05) is 0 Å². The third-order valence-electron chi connectivity index (χ3n) is 6.29. The van der Waals surface area contributed by atoms with Crippen molar-refractivity contribution in [3.05, 3.63) is 0 Å². The summed E-state index contributed by atoms with van der Waals surface area (Å²) in [6.07, 6.45) is 14.1. The van der Waals surface area contributed by atoms with E-state index in [2.05, 4.69) is 5.32 Å². The standard InChI is InChI=1S/C16H27N/c1-2-12(11-17-3-1)7-16-8-13-4-14(9-16)6-15(5-13)10-16/h12-15,17H,1-11H2. The molecule has 1 heteroatoms. The third kappa shape index (κ3) is 1.95. The van der Waals surface area contributed by atoms with Crippen LogP contribution in [-0.4, -0.2) is 13.1 Å². The highest BCUT2D eigenvalue weighted by molar-refractivity contribution is 5.02. The summed E-state index contributed by atoms with van der Waals surface area (Å²) in [5.74, 6) is 4.42. The van der Waals surface area contributed by atoms with Crippen molar-refractivity contribution in [2.45, 2.75) is 57.8 Å². The minimum Gasteiger partial charge on any atom is -0.316 e. The van der Waals surface area contributed by atoms with Crippen LogP contribution in [0.25, 0.3) is 0 Å². The first-order valence-corrected chi connectivity index (χ1v) is 8.02. The zero-order valence-electron chi connectivity index (χ0n) is 11.1. The van der Waals surface area contributed by atoms with Gasteiger partial charge in [0.15, 0.2) is 0 Å². The number of rotatable bonds is 2. The van der Waals surface area contributed by atoms with Crippen LogP contribution in [0.3, 0.4) is 0 Å². The average Bonchev–Trinajstić information content (AvgIpc) is 2.27. The molecule has 0 aromatic carbocycles. The van der Waals surface area contributed by atoms with Crippen molar-refractivity contribution in [2.75, 3.05) is 13.1 Å². The second kappa shape index (κ2) is 3.98. The molecule has 0 aromatic heterocycles. The van der Waals surface area contributed by atoms with Crippen molar-refractivity contribution in [2.24, 2.45) is 29.1 Å². The maximum absolute atomic E-state index is 3.62. The first kappa shape index (κ1) is 10.8. The molecule has 4 aliphatic carbocycles. The van der Waals surface area contributed by atoms with E-state index in [9.17, 15) is 0 Å². The normalized spacial score (nSPS) is 52.9. The largest absolute Gasteiger partial charge is 0.316 e. The van der Waals surface area contributed by atoms with Crippen LogP contribution >= 0.6 is 0 Å². The van der Waals surface area contributed by atoms with Gasteiger partial charge < -0.3 is 5.32 Å².